The highest BCUT2D eigenvalue weighted by molar-refractivity contribution is 6.04. The molecular formula is C21H32N2O2. The van der Waals surface area contributed by atoms with Crippen LogP contribution in [0.2, 0.25) is 0 Å². The van der Waals surface area contributed by atoms with Gasteiger partial charge in [-0.15, -0.1) is 0 Å². The fourth-order valence-electron chi connectivity index (χ4n) is 3.68. The number of carbonyl (C=O) groups is 2. The van der Waals surface area contributed by atoms with E-state index < -0.39 is 5.41 Å². The first-order valence-electron chi connectivity index (χ1n) is 9.52. The molecule has 1 aromatic carbocycles. The lowest BCUT2D eigenvalue weighted by molar-refractivity contribution is -0.154. The number of amides is 2. The van der Waals surface area contributed by atoms with Crippen LogP contribution in [0.15, 0.2) is 30.3 Å². The maximum Gasteiger partial charge on any atom is 0.237 e. The Labute approximate surface area is 152 Å². The Morgan fingerprint density at radius 2 is 1.64 bits per heavy atom. The molecule has 0 saturated carbocycles. The number of rotatable bonds is 6. The fourth-order valence-corrected chi connectivity index (χ4v) is 3.68. The average molecular weight is 344 g/mol. The predicted molar refractivity (Wildman–Crippen MR) is 101 cm³/mol. The van der Waals surface area contributed by atoms with Crippen LogP contribution >= 0.6 is 0 Å². The number of benzene rings is 1. The molecule has 1 saturated heterocycles. The van der Waals surface area contributed by atoms with Crippen molar-refractivity contribution >= 4 is 11.8 Å². The van der Waals surface area contributed by atoms with Crippen molar-refractivity contribution in [3.63, 3.8) is 0 Å². The fraction of sp³-hybridized carbons (Fsp3) is 0.619. The van der Waals surface area contributed by atoms with Crippen LogP contribution in [0.5, 0.6) is 0 Å². The molecule has 0 bridgehead atoms. The minimum absolute atomic E-state index is 0.0254. The van der Waals surface area contributed by atoms with Crippen molar-refractivity contribution < 1.29 is 9.59 Å². The Morgan fingerprint density at radius 3 is 2.16 bits per heavy atom. The molecule has 138 valence electrons. The van der Waals surface area contributed by atoms with E-state index in [0.717, 1.165) is 32.4 Å². The third-order valence-electron chi connectivity index (χ3n) is 5.39. The molecule has 25 heavy (non-hydrogen) atoms. The quantitative estimate of drug-likeness (QED) is 0.743. The standard InChI is InChI=1S/C21H32N2O2/c1-5-22(6-2)19(24)21(3,4)20(25)23-14-12-18(13-15-23)16-17-10-8-7-9-11-17/h7-11,18H,5-6,12-16H2,1-4H3. The van der Waals surface area contributed by atoms with Gasteiger partial charge in [-0.2, -0.15) is 0 Å². The Hall–Kier alpha value is -1.84. The van der Waals surface area contributed by atoms with Gasteiger partial charge in [0, 0.05) is 26.2 Å². The topological polar surface area (TPSA) is 40.6 Å². The molecule has 4 heteroatoms. The number of hydrogen-bond donors (Lipinski definition) is 0. The molecule has 1 aromatic rings. The molecule has 2 rings (SSSR count). The summed E-state index contributed by atoms with van der Waals surface area (Å²) in [5.74, 6) is 0.532. The lowest BCUT2D eigenvalue weighted by Crippen LogP contribution is -2.52. The van der Waals surface area contributed by atoms with E-state index in [2.05, 4.69) is 24.3 Å². The van der Waals surface area contributed by atoms with Crippen LogP contribution in [-0.2, 0) is 16.0 Å². The van der Waals surface area contributed by atoms with E-state index >= 15 is 0 Å². The zero-order valence-electron chi connectivity index (χ0n) is 16.1. The zero-order valence-corrected chi connectivity index (χ0v) is 16.1. The molecular weight excluding hydrogens is 312 g/mol. The van der Waals surface area contributed by atoms with Crippen LogP contribution in [-0.4, -0.2) is 47.8 Å². The number of likely N-dealkylation sites (tertiary alicyclic amines) is 1. The summed E-state index contributed by atoms with van der Waals surface area (Å²) in [6.07, 6.45) is 3.09. The first-order valence-corrected chi connectivity index (χ1v) is 9.52. The summed E-state index contributed by atoms with van der Waals surface area (Å²) in [6.45, 7) is 10.2. The second-order valence-electron chi connectivity index (χ2n) is 7.53. The lowest BCUT2D eigenvalue weighted by atomic mass is 9.86. The van der Waals surface area contributed by atoms with Gasteiger partial charge in [0.25, 0.3) is 0 Å². The van der Waals surface area contributed by atoms with Crippen molar-refractivity contribution in [2.45, 2.75) is 47.0 Å². The molecule has 0 spiro atoms. The minimum Gasteiger partial charge on any atom is -0.342 e. The van der Waals surface area contributed by atoms with Gasteiger partial charge in [0.05, 0.1) is 0 Å². The van der Waals surface area contributed by atoms with Gasteiger partial charge < -0.3 is 9.80 Å². The van der Waals surface area contributed by atoms with Gasteiger partial charge in [0.15, 0.2) is 0 Å². The van der Waals surface area contributed by atoms with Crippen LogP contribution in [0, 0.1) is 11.3 Å². The second-order valence-corrected chi connectivity index (χ2v) is 7.53. The summed E-state index contributed by atoms with van der Waals surface area (Å²) in [4.78, 5) is 29.3. The molecule has 0 N–H and O–H groups in total. The van der Waals surface area contributed by atoms with Crippen LogP contribution in [0.3, 0.4) is 0 Å². The van der Waals surface area contributed by atoms with Crippen molar-refractivity contribution in [2.24, 2.45) is 11.3 Å². The van der Waals surface area contributed by atoms with Gasteiger partial charge in [0.1, 0.15) is 5.41 Å². The highest BCUT2D eigenvalue weighted by Gasteiger charge is 2.41. The SMILES string of the molecule is CCN(CC)C(=O)C(C)(C)C(=O)N1CCC(Cc2ccccc2)CC1. The van der Waals surface area contributed by atoms with E-state index in [1.807, 2.05) is 24.8 Å². The number of carbonyl (C=O) groups excluding carboxylic acids is 2. The normalized spacial score (nSPS) is 15.9. The molecule has 0 aromatic heterocycles. The maximum atomic E-state index is 12.9. The Bertz CT molecular complexity index is 571. The number of piperidine rings is 1. The predicted octanol–water partition coefficient (Wildman–Crippen LogP) is 3.36. The molecule has 0 radical (unpaired) electrons. The van der Waals surface area contributed by atoms with Crippen molar-refractivity contribution in [2.75, 3.05) is 26.2 Å². The van der Waals surface area contributed by atoms with Gasteiger partial charge in [-0.1, -0.05) is 30.3 Å². The van der Waals surface area contributed by atoms with Gasteiger partial charge in [-0.25, -0.2) is 0 Å². The molecule has 0 atom stereocenters. The molecule has 4 nitrogen and oxygen atoms in total. The van der Waals surface area contributed by atoms with Crippen molar-refractivity contribution in [3.05, 3.63) is 35.9 Å². The molecule has 0 aliphatic carbocycles. The van der Waals surface area contributed by atoms with E-state index in [-0.39, 0.29) is 11.8 Å². The second kappa shape index (κ2) is 8.50. The van der Waals surface area contributed by atoms with E-state index in [9.17, 15) is 9.59 Å². The minimum atomic E-state index is -0.974. The average Bonchev–Trinajstić information content (AvgIpc) is 2.63. The maximum absolute atomic E-state index is 12.9. The third-order valence-corrected chi connectivity index (χ3v) is 5.39. The number of nitrogens with zero attached hydrogens (tertiary/aromatic N) is 2. The Kier molecular flexibility index (Phi) is 6.63. The van der Waals surface area contributed by atoms with Gasteiger partial charge in [-0.3, -0.25) is 9.59 Å². The first-order chi connectivity index (χ1) is 11.9. The monoisotopic (exact) mass is 344 g/mol. The lowest BCUT2D eigenvalue weighted by Gasteiger charge is -2.38. The summed E-state index contributed by atoms with van der Waals surface area (Å²) in [5.41, 5.74) is 0.391. The van der Waals surface area contributed by atoms with Crippen LogP contribution in [0.4, 0.5) is 0 Å². The third kappa shape index (κ3) is 4.62. The summed E-state index contributed by atoms with van der Waals surface area (Å²) in [5, 5.41) is 0. The molecule has 0 unspecified atom stereocenters. The summed E-state index contributed by atoms with van der Waals surface area (Å²) >= 11 is 0. The van der Waals surface area contributed by atoms with Crippen molar-refractivity contribution in [1.82, 2.24) is 9.80 Å². The summed E-state index contributed by atoms with van der Waals surface area (Å²) in [6, 6.07) is 10.5. The summed E-state index contributed by atoms with van der Waals surface area (Å²) in [7, 11) is 0. The van der Waals surface area contributed by atoms with Crippen molar-refractivity contribution in [1.29, 1.82) is 0 Å². The molecule has 1 aliphatic rings. The van der Waals surface area contributed by atoms with E-state index in [4.69, 9.17) is 0 Å². The van der Waals surface area contributed by atoms with Gasteiger partial charge >= 0.3 is 0 Å². The van der Waals surface area contributed by atoms with Crippen molar-refractivity contribution in [3.8, 4) is 0 Å². The highest BCUT2D eigenvalue weighted by Crippen LogP contribution is 2.27. The van der Waals surface area contributed by atoms with Gasteiger partial charge in [0.2, 0.25) is 11.8 Å². The zero-order chi connectivity index (χ0) is 18.4. The molecule has 1 fully saturated rings. The van der Waals surface area contributed by atoms with Gasteiger partial charge in [-0.05, 0) is 58.4 Å². The highest BCUT2D eigenvalue weighted by atomic mass is 16.2. The van der Waals surface area contributed by atoms with E-state index in [1.54, 1.807) is 18.7 Å². The van der Waals surface area contributed by atoms with Crippen LogP contribution < -0.4 is 0 Å². The largest absolute Gasteiger partial charge is 0.342 e. The smallest absolute Gasteiger partial charge is 0.237 e. The Morgan fingerprint density at radius 1 is 1.08 bits per heavy atom. The molecule has 2 amide bonds. The van der Waals surface area contributed by atoms with E-state index in [0.29, 0.717) is 19.0 Å². The summed E-state index contributed by atoms with van der Waals surface area (Å²) < 4.78 is 0. The number of hydrogen-bond acceptors (Lipinski definition) is 2. The first kappa shape index (κ1) is 19.5. The molecule has 1 aliphatic heterocycles. The van der Waals surface area contributed by atoms with E-state index in [1.165, 1.54) is 5.56 Å². The Balaban J connectivity index is 1.93. The van der Waals surface area contributed by atoms with Crippen LogP contribution in [0.1, 0.15) is 46.1 Å². The van der Waals surface area contributed by atoms with Crippen LogP contribution in [0.25, 0.3) is 0 Å². The molecule has 1 heterocycles.